The van der Waals surface area contributed by atoms with E-state index in [-0.39, 0.29) is 23.8 Å². The van der Waals surface area contributed by atoms with Crippen molar-refractivity contribution in [2.75, 3.05) is 42.8 Å². The summed E-state index contributed by atoms with van der Waals surface area (Å²) < 4.78 is 13.1. The molecular weight excluding hydrogens is 583 g/mol. The maximum atomic E-state index is 13.7. The third-order valence-corrected chi connectivity index (χ3v) is 9.30. The van der Waals surface area contributed by atoms with E-state index < -0.39 is 0 Å². The Hall–Kier alpha value is -4.27. The van der Waals surface area contributed by atoms with E-state index in [0.717, 1.165) is 36.6 Å². The van der Waals surface area contributed by atoms with E-state index in [4.69, 9.17) is 21.7 Å². The normalized spacial score (nSPS) is 17.2. The number of nitrogens with zero attached hydrogens (tertiary/aromatic N) is 5. The van der Waals surface area contributed by atoms with Gasteiger partial charge in [0.05, 0.1) is 11.4 Å². The Morgan fingerprint density at radius 2 is 1.74 bits per heavy atom. The van der Waals surface area contributed by atoms with E-state index in [2.05, 4.69) is 28.0 Å². The van der Waals surface area contributed by atoms with Crippen molar-refractivity contribution in [1.29, 1.82) is 5.26 Å². The Kier molecular flexibility index (Phi) is 8.15. The first-order valence-electron chi connectivity index (χ1n) is 14.3. The van der Waals surface area contributed by atoms with Gasteiger partial charge in [-0.05, 0) is 54.8 Å². The molecule has 0 aliphatic carbocycles. The van der Waals surface area contributed by atoms with E-state index in [1.807, 2.05) is 49.4 Å². The molecular formula is C32H31N5O4S2. The zero-order chi connectivity index (χ0) is 30.1. The van der Waals surface area contributed by atoms with Gasteiger partial charge in [0.2, 0.25) is 6.79 Å². The molecule has 2 saturated heterocycles. The highest BCUT2D eigenvalue weighted by Gasteiger charge is 2.34. The summed E-state index contributed by atoms with van der Waals surface area (Å²) >= 11 is 6.88. The molecule has 0 atom stereocenters. The number of nitriles is 1. The van der Waals surface area contributed by atoms with Gasteiger partial charge in [-0.3, -0.25) is 19.1 Å². The fourth-order valence-electron chi connectivity index (χ4n) is 5.72. The Labute approximate surface area is 259 Å². The number of amides is 1. The topological polar surface area (TPSA) is 91.0 Å². The van der Waals surface area contributed by atoms with Gasteiger partial charge in [-0.25, -0.2) is 0 Å². The smallest absolute Gasteiger partial charge is 0.270 e. The number of carbonyl (C=O) groups excluding carboxylic acids is 1. The first-order chi connectivity index (χ1) is 20.9. The lowest BCUT2D eigenvalue weighted by Crippen LogP contribution is -2.48. The second kappa shape index (κ2) is 12.1. The maximum Gasteiger partial charge on any atom is 0.270 e. The lowest BCUT2D eigenvalue weighted by Gasteiger charge is -2.39. The summed E-state index contributed by atoms with van der Waals surface area (Å²) in [7, 11) is 0. The molecule has 3 aliphatic rings. The van der Waals surface area contributed by atoms with Crippen LogP contribution in [0.2, 0.25) is 0 Å². The summed E-state index contributed by atoms with van der Waals surface area (Å²) in [6.07, 6.45) is 2.54. The van der Waals surface area contributed by atoms with E-state index in [1.54, 1.807) is 16.4 Å². The lowest BCUT2D eigenvalue weighted by molar-refractivity contribution is -0.122. The zero-order valence-electron chi connectivity index (χ0n) is 24.0. The minimum atomic E-state index is -0.296. The molecule has 11 heteroatoms. The van der Waals surface area contributed by atoms with Gasteiger partial charge in [-0.2, -0.15) is 5.26 Å². The predicted molar refractivity (Wildman–Crippen MR) is 173 cm³/mol. The average molecular weight is 614 g/mol. The van der Waals surface area contributed by atoms with Gasteiger partial charge in [0.1, 0.15) is 21.8 Å². The summed E-state index contributed by atoms with van der Waals surface area (Å²) in [5.41, 5.74) is 3.12. The van der Waals surface area contributed by atoms with E-state index in [1.165, 1.54) is 11.8 Å². The van der Waals surface area contributed by atoms with Crippen LogP contribution in [-0.2, 0) is 17.9 Å². The number of thioether (sulfide) groups is 1. The van der Waals surface area contributed by atoms with Crippen LogP contribution < -0.4 is 24.8 Å². The molecule has 6 rings (SSSR count). The standard InChI is InChI=1S/C32H31N5O4S2/c1-3-11-36-29(35-14-12-34(13-15-35)23-7-5-4-6-8-23)24(21(2)25(18-33)30(36)38)17-28-31(39)37(32(42)43-28)19-22-9-10-26-27(16-22)41-20-40-26/h4-10,16-17H,3,11-15,19-20H2,1-2H3/b28-17+. The molecule has 9 nitrogen and oxygen atoms in total. The van der Waals surface area contributed by atoms with Crippen molar-refractivity contribution < 1.29 is 14.3 Å². The Morgan fingerprint density at radius 1 is 1.02 bits per heavy atom. The zero-order valence-corrected chi connectivity index (χ0v) is 25.7. The number of ether oxygens (including phenoxy) is 2. The third kappa shape index (κ3) is 5.48. The van der Waals surface area contributed by atoms with Gasteiger partial charge < -0.3 is 19.3 Å². The predicted octanol–water partition coefficient (Wildman–Crippen LogP) is 4.90. The number of fused-ring (bicyclic) bond motifs is 1. The number of hydrogen-bond acceptors (Lipinski definition) is 9. The number of piperazine rings is 1. The van der Waals surface area contributed by atoms with Crippen molar-refractivity contribution in [3.63, 3.8) is 0 Å². The molecule has 2 aromatic carbocycles. The number of aromatic nitrogens is 1. The highest BCUT2D eigenvalue weighted by molar-refractivity contribution is 8.26. The van der Waals surface area contributed by atoms with Gasteiger partial charge in [0, 0.05) is 44.0 Å². The quantitative estimate of drug-likeness (QED) is 0.273. The van der Waals surface area contributed by atoms with Crippen molar-refractivity contribution in [2.45, 2.75) is 33.4 Å². The second-order valence-electron chi connectivity index (χ2n) is 10.6. The summed E-state index contributed by atoms with van der Waals surface area (Å²) in [5, 5.41) is 9.98. The molecule has 0 saturated carbocycles. The van der Waals surface area contributed by atoms with Crippen molar-refractivity contribution in [2.24, 2.45) is 0 Å². The lowest BCUT2D eigenvalue weighted by atomic mass is 10.0. The van der Waals surface area contributed by atoms with Gasteiger partial charge in [0.25, 0.3) is 11.5 Å². The maximum absolute atomic E-state index is 13.7. The van der Waals surface area contributed by atoms with Crippen LogP contribution in [0.4, 0.5) is 11.5 Å². The van der Waals surface area contributed by atoms with Gasteiger partial charge >= 0.3 is 0 Å². The summed E-state index contributed by atoms with van der Waals surface area (Å²) in [4.78, 5) is 33.9. The van der Waals surface area contributed by atoms with E-state index >= 15 is 0 Å². The molecule has 3 aliphatic heterocycles. The first kappa shape index (κ1) is 28.8. The SMILES string of the molecule is CCCn1c(N2CCN(c3ccccc3)CC2)c(/C=C2/SC(=S)N(Cc3ccc4c(c3)OCO4)C2=O)c(C)c(C#N)c1=O. The molecule has 43 heavy (non-hydrogen) atoms. The van der Waals surface area contributed by atoms with Crippen LogP contribution in [0, 0.1) is 18.3 Å². The molecule has 2 fully saturated rings. The summed E-state index contributed by atoms with van der Waals surface area (Å²) in [5.74, 6) is 1.86. The molecule has 0 radical (unpaired) electrons. The molecule has 0 unspecified atom stereocenters. The Balaban J connectivity index is 1.35. The van der Waals surface area contributed by atoms with Crippen LogP contribution in [0.1, 0.15) is 35.6 Å². The van der Waals surface area contributed by atoms with Gasteiger partial charge in [0.15, 0.2) is 11.5 Å². The van der Waals surface area contributed by atoms with Gasteiger partial charge in [-0.1, -0.05) is 55.2 Å². The largest absolute Gasteiger partial charge is 0.454 e. The van der Waals surface area contributed by atoms with Crippen LogP contribution >= 0.6 is 24.0 Å². The van der Waals surface area contributed by atoms with Crippen molar-refractivity contribution in [1.82, 2.24) is 9.47 Å². The number of benzene rings is 2. The molecule has 0 spiro atoms. The minimum absolute atomic E-state index is 0.0993. The molecule has 220 valence electrons. The fourth-order valence-corrected chi connectivity index (χ4v) is 6.96. The van der Waals surface area contributed by atoms with Crippen LogP contribution in [0.3, 0.4) is 0 Å². The van der Waals surface area contributed by atoms with Gasteiger partial charge in [-0.15, -0.1) is 0 Å². The van der Waals surface area contributed by atoms with E-state index in [9.17, 15) is 14.9 Å². The molecule has 0 bridgehead atoms. The van der Waals surface area contributed by atoms with Crippen LogP contribution in [0.5, 0.6) is 11.5 Å². The summed E-state index contributed by atoms with van der Waals surface area (Å²) in [6, 6.07) is 18.0. The fraction of sp³-hybridized carbons (Fsp3) is 0.312. The average Bonchev–Trinajstić information content (AvgIpc) is 3.60. The highest BCUT2D eigenvalue weighted by Crippen LogP contribution is 2.38. The van der Waals surface area contributed by atoms with Crippen molar-refractivity contribution in [3.05, 3.63) is 86.0 Å². The number of pyridine rings is 1. The number of hydrogen-bond donors (Lipinski definition) is 0. The number of carbonyl (C=O) groups is 1. The number of thiocarbonyl (C=S) groups is 1. The first-order valence-corrected chi connectivity index (χ1v) is 15.5. The summed E-state index contributed by atoms with van der Waals surface area (Å²) in [6.45, 7) is 7.68. The van der Waals surface area contributed by atoms with Crippen LogP contribution in [0.15, 0.2) is 58.2 Å². The number of anilines is 2. The molecule has 1 amide bonds. The molecule has 0 N–H and O–H groups in total. The monoisotopic (exact) mass is 613 g/mol. The third-order valence-electron chi connectivity index (χ3n) is 7.92. The second-order valence-corrected chi connectivity index (χ2v) is 12.2. The highest BCUT2D eigenvalue weighted by atomic mass is 32.2. The van der Waals surface area contributed by atoms with Crippen LogP contribution in [0.25, 0.3) is 6.08 Å². The Bertz CT molecular complexity index is 1720. The Morgan fingerprint density at radius 3 is 2.47 bits per heavy atom. The van der Waals surface area contributed by atoms with Crippen molar-refractivity contribution in [3.8, 4) is 17.6 Å². The molecule has 1 aromatic heterocycles. The van der Waals surface area contributed by atoms with E-state index in [0.29, 0.717) is 58.0 Å². The molecule has 4 heterocycles. The van der Waals surface area contributed by atoms with Crippen LogP contribution in [-0.4, -0.2) is 52.7 Å². The molecule has 3 aromatic rings. The minimum Gasteiger partial charge on any atom is -0.454 e. The van der Waals surface area contributed by atoms with Crippen molar-refractivity contribution >= 4 is 51.8 Å². The number of rotatable bonds is 7. The number of para-hydroxylation sites is 1.